The first kappa shape index (κ1) is 13.5. The van der Waals surface area contributed by atoms with Gasteiger partial charge in [-0.15, -0.1) is 0 Å². The summed E-state index contributed by atoms with van der Waals surface area (Å²) in [5.74, 6) is 0. The van der Waals surface area contributed by atoms with Crippen LogP contribution in [0.1, 0.15) is 46.5 Å². The summed E-state index contributed by atoms with van der Waals surface area (Å²) in [5.41, 5.74) is 3.85. The Morgan fingerprint density at radius 2 is 1.83 bits per heavy atom. The molecule has 0 aliphatic carbocycles. The summed E-state index contributed by atoms with van der Waals surface area (Å²) in [4.78, 5) is 7.54. The van der Waals surface area contributed by atoms with Crippen LogP contribution >= 0.6 is 0 Å². The number of aliphatic imine (C=N–C) groups is 1. The summed E-state index contributed by atoms with van der Waals surface area (Å²) in [6.07, 6.45) is 7.51. The van der Waals surface area contributed by atoms with Crippen molar-refractivity contribution >= 4 is 5.71 Å². The van der Waals surface area contributed by atoms with E-state index >= 15 is 0 Å². The highest BCUT2D eigenvalue weighted by Crippen LogP contribution is 2.39. The summed E-state index contributed by atoms with van der Waals surface area (Å²) in [5, 5.41) is 0. The minimum atomic E-state index is 0.385. The van der Waals surface area contributed by atoms with E-state index in [1.807, 2.05) is 0 Å². The maximum atomic E-state index is 4.88. The minimum absolute atomic E-state index is 0.385. The molecule has 2 saturated heterocycles. The van der Waals surface area contributed by atoms with Gasteiger partial charge in [-0.05, 0) is 71.2 Å². The van der Waals surface area contributed by atoms with Gasteiger partial charge < -0.3 is 0 Å². The Bertz CT molecular complexity index is 376. The molecule has 0 aromatic rings. The van der Waals surface area contributed by atoms with E-state index < -0.39 is 0 Å². The molecular formula is C16H26N2. The normalized spacial score (nSPS) is 22.9. The second kappa shape index (κ2) is 5.40. The Morgan fingerprint density at radius 3 is 2.33 bits per heavy atom. The molecule has 0 N–H and O–H groups in total. The SMILES string of the molecule is C=C(C)C(C=C(C)C)=NCC12CCCN1CCC2. The van der Waals surface area contributed by atoms with E-state index in [1.165, 1.54) is 44.3 Å². The molecule has 100 valence electrons. The van der Waals surface area contributed by atoms with Gasteiger partial charge in [0.05, 0.1) is 12.3 Å². The van der Waals surface area contributed by atoms with Crippen molar-refractivity contribution < 1.29 is 0 Å². The van der Waals surface area contributed by atoms with Crippen LogP contribution < -0.4 is 0 Å². The minimum Gasteiger partial charge on any atom is -0.296 e. The average molecular weight is 246 g/mol. The fourth-order valence-electron chi connectivity index (χ4n) is 3.29. The molecule has 2 nitrogen and oxygen atoms in total. The zero-order valence-electron chi connectivity index (χ0n) is 12.1. The van der Waals surface area contributed by atoms with Crippen LogP contribution in [0, 0.1) is 0 Å². The molecule has 0 aromatic carbocycles. The number of allylic oxidation sites excluding steroid dienone is 3. The van der Waals surface area contributed by atoms with Crippen molar-refractivity contribution in [3.05, 3.63) is 23.8 Å². The Hall–Kier alpha value is -0.890. The van der Waals surface area contributed by atoms with Crippen molar-refractivity contribution in [2.24, 2.45) is 4.99 Å². The van der Waals surface area contributed by atoms with Crippen LogP contribution in [0.25, 0.3) is 0 Å². The van der Waals surface area contributed by atoms with Crippen molar-refractivity contribution in [2.45, 2.75) is 52.0 Å². The lowest BCUT2D eigenvalue weighted by Gasteiger charge is -2.30. The van der Waals surface area contributed by atoms with Gasteiger partial charge >= 0.3 is 0 Å². The first-order chi connectivity index (χ1) is 8.53. The molecule has 2 rings (SSSR count). The molecule has 2 fully saturated rings. The van der Waals surface area contributed by atoms with Gasteiger partial charge in [0.25, 0.3) is 0 Å². The quantitative estimate of drug-likeness (QED) is 0.692. The van der Waals surface area contributed by atoms with Crippen LogP contribution in [0.5, 0.6) is 0 Å². The third-order valence-corrected chi connectivity index (χ3v) is 4.22. The molecule has 2 heteroatoms. The third-order valence-electron chi connectivity index (χ3n) is 4.22. The summed E-state index contributed by atoms with van der Waals surface area (Å²) < 4.78 is 0. The third kappa shape index (κ3) is 2.74. The van der Waals surface area contributed by atoms with Crippen LogP contribution in [0.3, 0.4) is 0 Å². The van der Waals surface area contributed by atoms with Crippen LogP contribution in [0.4, 0.5) is 0 Å². The molecule has 2 aliphatic rings. The van der Waals surface area contributed by atoms with Gasteiger partial charge in [0.2, 0.25) is 0 Å². The maximum Gasteiger partial charge on any atom is 0.0597 e. The lowest BCUT2D eigenvalue weighted by molar-refractivity contribution is 0.205. The molecule has 2 aliphatic heterocycles. The van der Waals surface area contributed by atoms with Crippen LogP contribution in [0.2, 0.25) is 0 Å². The Morgan fingerprint density at radius 1 is 1.22 bits per heavy atom. The highest BCUT2D eigenvalue weighted by molar-refractivity contribution is 6.07. The van der Waals surface area contributed by atoms with Gasteiger partial charge in [0.1, 0.15) is 0 Å². The van der Waals surface area contributed by atoms with Crippen LogP contribution in [-0.2, 0) is 0 Å². The van der Waals surface area contributed by atoms with Crippen molar-refractivity contribution in [1.29, 1.82) is 0 Å². The molecule has 0 bridgehead atoms. The van der Waals surface area contributed by atoms with E-state index in [1.54, 1.807) is 0 Å². The maximum absolute atomic E-state index is 4.88. The van der Waals surface area contributed by atoms with Crippen molar-refractivity contribution in [3.63, 3.8) is 0 Å². The first-order valence-electron chi connectivity index (χ1n) is 7.14. The van der Waals surface area contributed by atoms with Crippen molar-refractivity contribution in [2.75, 3.05) is 19.6 Å². The van der Waals surface area contributed by atoms with Gasteiger partial charge in [-0.1, -0.05) is 12.2 Å². The van der Waals surface area contributed by atoms with E-state index in [4.69, 9.17) is 4.99 Å². The number of nitrogens with zero attached hydrogens (tertiary/aromatic N) is 2. The molecule has 0 unspecified atom stereocenters. The smallest absolute Gasteiger partial charge is 0.0597 e. The standard InChI is InChI=1S/C16H26N2/c1-13(2)11-15(14(3)4)17-12-16-7-5-9-18(16)10-6-8-16/h11H,3,5-10,12H2,1-2,4H3. The first-order valence-corrected chi connectivity index (χ1v) is 7.14. The molecule has 0 aromatic heterocycles. The Balaban J connectivity index is 2.12. The summed E-state index contributed by atoms with van der Waals surface area (Å²) in [6, 6.07) is 0. The number of hydrogen-bond acceptors (Lipinski definition) is 2. The van der Waals surface area contributed by atoms with Gasteiger partial charge in [-0.2, -0.15) is 0 Å². The molecule has 0 amide bonds. The summed E-state index contributed by atoms with van der Waals surface area (Å²) in [6.45, 7) is 13.9. The molecule has 0 radical (unpaired) electrons. The van der Waals surface area contributed by atoms with E-state index in [0.717, 1.165) is 17.8 Å². The lowest BCUT2D eigenvalue weighted by atomic mass is 9.94. The Labute approximate surface area is 111 Å². The monoisotopic (exact) mass is 246 g/mol. The van der Waals surface area contributed by atoms with E-state index in [-0.39, 0.29) is 0 Å². The molecule has 0 spiro atoms. The van der Waals surface area contributed by atoms with E-state index in [9.17, 15) is 0 Å². The highest BCUT2D eigenvalue weighted by Gasteiger charge is 2.43. The van der Waals surface area contributed by atoms with Gasteiger partial charge in [-0.25, -0.2) is 0 Å². The van der Waals surface area contributed by atoms with Crippen LogP contribution in [-0.4, -0.2) is 35.8 Å². The van der Waals surface area contributed by atoms with Crippen LogP contribution in [0.15, 0.2) is 28.8 Å². The fraction of sp³-hybridized carbons (Fsp3) is 0.688. The van der Waals surface area contributed by atoms with Gasteiger partial charge in [-0.3, -0.25) is 9.89 Å². The van der Waals surface area contributed by atoms with Crippen molar-refractivity contribution in [3.8, 4) is 0 Å². The lowest BCUT2D eigenvalue weighted by Crippen LogP contribution is -2.41. The van der Waals surface area contributed by atoms with E-state index in [2.05, 4.69) is 38.3 Å². The second-order valence-corrected chi connectivity index (χ2v) is 6.12. The summed E-state index contributed by atoms with van der Waals surface area (Å²) >= 11 is 0. The largest absolute Gasteiger partial charge is 0.296 e. The zero-order valence-corrected chi connectivity index (χ0v) is 12.1. The van der Waals surface area contributed by atoms with E-state index in [0.29, 0.717) is 5.54 Å². The number of rotatable bonds is 4. The molecule has 18 heavy (non-hydrogen) atoms. The fourth-order valence-corrected chi connectivity index (χ4v) is 3.29. The van der Waals surface area contributed by atoms with Crippen molar-refractivity contribution in [1.82, 2.24) is 4.90 Å². The predicted molar refractivity (Wildman–Crippen MR) is 79.3 cm³/mol. The second-order valence-electron chi connectivity index (χ2n) is 6.12. The van der Waals surface area contributed by atoms with Gasteiger partial charge in [0, 0.05) is 5.54 Å². The molecule has 0 saturated carbocycles. The Kier molecular flexibility index (Phi) is 4.06. The topological polar surface area (TPSA) is 15.6 Å². The molecular weight excluding hydrogens is 220 g/mol. The predicted octanol–water partition coefficient (Wildman–Crippen LogP) is 3.60. The highest BCUT2D eigenvalue weighted by atomic mass is 15.2. The average Bonchev–Trinajstić information content (AvgIpc) is 2.82. The van der Waals surface area contributed by atoms with Gasteiger partial charge in [0.15, 0.2) is 0 Å². The number of fused-ring (bicyclic) bond motifs is 1. The summed E-state index contributed by atoms with van der Waals surface area (Å²) in [7, 11) is 0. The zero-order chi connectivity index (χ0) is 13.2. The molecule has 0 atom stereocenters. The number of hydrogen-bond donors (Lipinski definition) is 0. The molecule has 2 heterocycles.